The van der Waals surface area contributed by atoms with E-state index < -0.39 is 28.6 Å². The molecule has 0 aromatic heterocycles. The van der Waals surface area contributed by atoms with E-state index >= 15 is 0 Å². The van der Waals surface area contributed by atoms with Crippen molar-refractivity contribution < 1.29 is 24.4 Å². The number of nitro groups is 1. The van der Waals surface area contributed by atoms with E-state index in [1.54, 1.807) is 39.8 Å². The third-order valence-corrected chi connectivity index (χ3v) is 3.32. The fraction of sp³-hybridized carbons (Fsp3) is 0.529. The van der Waals surface area contributed by atoms with Crippen molar-refractivity contribution in [3.8, 4) is 0 Å². The van der Waals surface area contributed by atoms with Gasteiger partial charge in [-0.1, -0.05) is 6.07 Å². The molecule has 3 N–H and O–H groups in total. The summed E-state index contributed by atoms with van der Waals surface area (Å²) in [4.78, 5) is 33.6. The molecule has 1 rings (SSSR count). The highest BCUT2D eigenvalue weighted by Gasteiger charge is 2.23. The van der Waals surface area contributed by atoms with E-state index in [1.165, 1.54) is 6.07 Å². The van der Waals surface area contributed by atoms with Gasteiger partial charge in [-0.3, -0.25) is 10.1 Å². The number of benzene rings is 1. The Bertz CT molecular complexity index is 669. The molecular formula is C17H25N3O6. The molecule has 26 heavy (non-hydrogen) atoms. The molecule has 0 radical (unpaired) electrons. The molecule has 0 bridgehead atoms. The monoisotopic (exact) mass is 367 g/mol. The minimum Gasteiger partial charge on any atom is -0.480 e. The summed E-state index contributed by atoms with van der Waals surface area (Å²) in [7, 11) is 0. The van der Waals surface area contributed by atoms with Gasteiger partial charge in [-0.25, -0.2) is 9.59 Å². The number of ether oxygens (including phenoxy) is 1. The highest BCUT2D eigenvalue weighted by Crippen LogP contribution is 2.25. The minimum atomic E-state index is -1.17. The molecule has 9 heteroatoms. The van der Waals surface area contributed by atoms with Crippen molar-refractivity contribution in [3.05, 3.63) is 33.9 Å². The third kappa shape index (κ3) is 7.37. The maximum Gasteiger partial charge on any atom is 0.408 e. The van der Waals surface area contributed by atoms with Crippen molar-refractivity contribution in [2.24, 2.45) is 0 Å². The lowest BCUT2D eigenvalue weighted by Gasteiger charge is -2.22. The second kappa shape index (κ2) is 9.02. The van der Waals surface area contributed by atoms with E-state index in [0.29, 0.717) is 18.7 Å². The van der Waals surface area contributed by atoms with Gasteiger partial charge in [0.1, 0.15) is 17.3 Å². The largest absolute Gasteiger partial charge is 0.480 e. The highest BCUT2D eigenvalue weighted by molar-refractivity contribution is 5.80. The molecule has 0 aliphatic rings. The molecule has 0 spiro atoms. The lowest BCUT2D eigenvalue weighted by molar-refractivity contribution is -0.384. The average molecular weight is 367 g/mol. The van der Waals surface area contributed by atoms with Gasteiger partial charge in [0.15, 0.2) is 0 Å². The first kappa shape index (κ1) is 21.2. The zero-order chi connectivity index (χ0) is 19.9. The number of alkyl carbamates (subject to hydrolysis) is 1. The molecule has 1 aromatic rings. The molecule has 0 aliphatic carbocycles. The lowest BCUT2D eigenvalue weighted by Crippen LogP contribution is -2.43. The number of hydrogen-bond donors (Lipinski definition) is 3. The number of anilines is 1. The van der Waals surface area contributed by atoms with Crippen molar-refractivity contribution in [2.45, 2.75) is 52.2 Å². The summed E-state index contributed by atoms with van der Waals surface area (Å²) < 4.78 is 5.04. The summed E-state index contributed by atoms with van der Waals surface area (Å²) in [5.74, 6) is -1.17. The molecule has 0 aliphatic heterocycles. The van der Waals surface area contributed by atoms with Crippen LogP contribution in [0.5, 0.6) is 0 Å². The Morgan fingerprint density at radius 1 is 1.35 bits per heavy atom. The van der Waals surface area contributed by atoms with Crippen molar-refractivity contribution in [1.82, 2.24) is 5.32 Å². The predicted molar refractivity (Wildman–Crippen MR) is 96.4 cm³/mol. The number of nitrogens with one attached hydrogen (secondary N) is 2. The zero-order valence-electron chi connectivity index (χ0n) is 15.4. The number of aryl methyl sites for hydroxylation is 1. The van der Waals surface area contributed by atoms with Gasteiger partial charge >= 0.3 is 12.1 Å². The van der Waals surface area contributed by atoms with E-state index in [0.717, 1.165) is 5.56 Å². The highest BCUT2D eigenvalue weighted by atomic mass is 16.6. The van der Waals surface area contributed by atoms with Crippen LogP contribution in [-0.4, -0.2) is 40.3 Å². The van der Waals surface area contributed by atoms with Crippen molar-refractivity contribution in [2.75, 3.05) is 11.9 Å². The zero-order valence-corrected chi connectivity index (χ0v) is 15.4. The fourth-order valence-electron chi connectivity index (χ4n) is 2.18. The first-order chi connectivity index (χ1) is 12.0. The number of aliphatic carboxylic acids is 1. The van der Waals surface area contributed by atoms with Gasteiger partial charge in [-0.15, -0.1) is 0 Å². The van der Waals surface area contributed by atoms with Crippen LogP contribution in [0, 0.1) is 17.0 Å². The Morgan fingerprint density at radius 3 is 2.54 bits per heavy atom. The van der Waals surface area contributed by atoms with Gasteiger partial charge in [-0.05, 0) is 52.2 Å². The number of nitro benzene ring substituents is 1. The second-order valence-corrected chi connectivity index (χ2v) is 6.88. The van der Waals surface area contributed by atoms with Crippen LogP contribution in [0.25, 0.3) is 0 Å². The summed E-state index contributed by atoms with van der Waals surface area (Å²) in [5, 5.41) is 25.5. The molecule has 0 unspecified atom stereocenters. The van der Waals surface area contributed by atoms with Gasteiger partial charge in [0.05, 0.1) is 4.92 Å². The fourth-order valence-corrected chi connectivity index (χ4v) is 2.18. The van der Waals surface area contributed by atoms with Gasteiger partial charge in [0, 0.05) is 12.6 Å². The standard InChI is InChI=1S/C17H25N3O6/c1-11-7-8-12(14(10-11)20(24)25)18-9-5-6-13(15(21)22)19-16(23)26-17(2,3)4/h7-8,10,13,18H,5-6,9H2,1-4H3,(H,19,23)(H,21,22)/t13-/m0/s1. The van der Waals surface area contributed by atoms with Crippen LogP contribution in [0.2, 0.25) is 0 Å². The Labute approximate surface area is 151 Å². The topological polar surface area (TPSA) is 131 Å². The molecule has 0 fully saturated rings. The number of carboxylic acid groups (broad SMARTS) is 1. The molecule has 1 atom stereocenters. The Morgan fingerprint density at radius 2 is 2.00 bits per heavy atom. The molecule has 144 valence electrons. The normalized spacial score (nSPS) is 12.2. The maximum atomic E-state index is 11.7. The number of rotatable bonds is 8. The van der Waals surface area contributed by atoms with Crippen molar-refractivity contribution in [1.29, 1.82) is 0 Å². The Balaban J connectivity index is 2.55. The predicted octanol–water partition coefficient (Wildman–Crippen LogP) is 3.07. The van der Waals surface area contributed by atoms with Crippen molar-refractivity contribution in [3.63, 3.8) is 0 Å². The summed E-state index contributed by atoms with van der Waals surface area (Å²) >= 11 is 0. The number of amides is 1. The SMILES string of the molecule is Cc1ccc(NCCC[C@H](NC(=O)OC(C)(C)C)C(=O)O)c([N+](=O)[O-])c1. The van der Waals surface area contributed by atoms with Gasteiger partial charge in [0.2, 0.25) is 0 Å². The average Bonchev–Trinajstić information content (AvgIpc) is 2.49. The summed E-state index contributed by atoms with van der Waals surface area (Å²) in [6.07, 6.45) is -0.258. The van der Waals surface area contributed by atoms with E-state index in [-0.39, 0.29) is 12.1 Å². The summed E-state index contributed by atoms with van der Waals surface area (Å²) in [6, 6.07) is 3.73. The van der Waals surface area contributed by atoms with Crippen LogP contribution in [0.15, 0.2) is 18.2 Å². The van der Waals surface area contributed by atoms with Gasteiger partial charge in [-0.2, -0.15) is 0 Å². The number of hydrogen-bond acceptors (Lipinski definition) is 6. The van der Waals surface area contributed by atoms with Crippen LogP contribution in [-0.2, 0) is 9.53 Å². The molecule has 0 heterocycles. The van der Waals surface area contributed by atoms with Gasteiger partial charge < -0.3 is 20.5 Å². The number of carbonyl (C=O) groups excluding carboxylic acids is 1. The van der Waals surface area contributed by atoms with E-state index in [2.05, 4.69) is 10.6 Å². The number of carboxylic acids is 1. The summed E-state index contributed by atoms with van der Waals surface area (Å²) in [5.41, 5.74) is 0.382. The summed E-state index contributed by atoms with van der Waals surface area (Å²) in [6.45, 7) is 7.13. The molecular weight excluding hydrogens is 342 g/mol. The maximum absolute atomic E-state index is 11.7. The van der Waals surface area contributed by atoms with E-state index in [4.69, 9.17) is 4.74 Å². The number of carbonyl (C=O) groups is 2. The molecule has 1 amide bonds. The number of nitrogens with zero attached hydrogens (tertiary/aromatic N) is 1. The van der Waals surface area contributed by atoms with Crippen molar-refractivity contribution >= 4 is 23.4 Å². The van der Waals surface area contributed by atoms with Gasteiger partial charge in [0.25, 0.3) is 5.69 Å². The molecule has 0 saturated carbocycles. The van der Waals surface area contributed by atoms with Crippen LogP contribution in [0.4, 0.5) is 16.2 Å². The third-order valence-electron chi connectivity index (χ3n) is 3.32. The Hall–Kier alpha value is -2.84. The van der Waals surface area contributed by atoms with Crippen LogP contribution in [0.1, 0.15) is 39.2 Å². The molecule has 0 saturated heterocycles. The van der Waals surface area contributed by atoms with Crippen LogP contribution >= 0.6 is 0 Å². The second-order valence-electron chi connectivity index (χ2n) is 6.88. The van der Waals surface area contributed by atoms with Crippen LogP contribution < -0.4 is 10.6 Å². The van der Waals surface area contributed by atoms with E-state index in [1.807, 2.05) is 0 Å². The molecule has 9 nitrogen and oxygen atoms in total. The first-order valence-corrected chi connectivity index (χ1v) is 8.21. The minimum absolute atomic E-state index is 0.0355. The molecule has 1 aromatic carbocycles. The van der Waals surface area contributed by atoms with E-state index in [9.17, 15) is 24.8 Å². The van der Waals surface area contributed by atoms with Crippen LogP contribution in [0.3, 0.4) is 0 Å². The smallest absolute Gasteiger partial charge is 0.408 e. The Kier molecular flexibility index (Phi) is 7.36. The first-order valence-electron chi connectivity index (χ1n) is 8.21. The lowest BCUT2D eigenvalue weighted by atomic mass is 10.1. The quantitative estimate of drug-likeness (QED) is 0.365.